The summed E-state index contributed by atoms with van der Waals surface area (Å²) < 4.78 is 6.66. The summed E-state index contributed by atoms with van der Waals surface area (Å²) in [6, 6.07) is 14.2. The summed E-state index contributed by atoms with van der Waals surface area (Å²) in [4.78, 5) is 25.8. The first kappa shape index (κ1) is 22.1. The number of halogens is 1. The van der Waals surface area contributed by atoms with Crippen LogP contribution in [0.15, 0.2) is 47.3 Å². The lowest BCUT2D eigenvalue weighted by atomic mass is 10.0. The summed E-state index contributed by atoms with van der Waals surface area (Å²) in [7, 11) is 0. The fourth-order valence-electron chi connectivity index (χ4n) is 3.32. The van der Waals surface area contributed by atoms with Gasteiger partial charge in [0, 0.05) is 5.02 Å². The van der Waals surface area contributed by atoms with Gasteiger partial charge in [0.1, 0.15) is 17.4 Å². The highest BCUT2D eigenvalue weighted by atomic mass is 35.5. The molecule has 0 aliphatic heterocycles. The topological polar surface area (TPSA) is 92.3 Å². The molecular weight excluding hydrogens is 416 g/mol. The lowest BCUT2D eigenvalue weighted by Crippen LogP contribution is -2.28. The van der Waals surface area contributed by atoms with E-state index in [4.69, 9.17) is 16.3 Å². The number of nitrogens with zero attached hydrogens (tertiary/aromatic N) is 2. The molecule has 0 amide bonds. The molecule has 1 aromatic heterocycles. The van der Waals surface area contributed by atoms with Crippen molar-refractivity contribution in [3.05, 3.63) is 91.2 Å². The van der Waals surface area contributed by atoms with Crippen molar-refractivity contribution in [1.82, 2.24) is 4.57 Å². The van der Waals surface area contributed by atoms with Gasteiger partial charge in [0.25, 0.3) is 5.56 Å². The van der Waals surface area contributed by atoms with E-state index in [0.29, 0.717) is 16.3 Å². The van der Waals surface area contributed by atoms with E-state index in [-0.39, 0.29) is 29.8 Å². The minimum absolute atomic E-state index is 0.0859. The number of aromatic nitrogens is 1. The van der Waals surface area contributed by atoms with Gasteiger partial charge in [0.2, 0.25) is 11.7 Å². The molecule has 0 spiro atoms. The minimum atomic E-state index is -0.690. The maximum absolute atomic E-state index is 13.0. The molecule has 0 fully saturated rings. The third-order valence-electron chi connectivity index (χ3n) is 5.28. The first-order chi connectivity index (χ1) is 14.8. The Labute approximate surface area is 184 Å². The number of benzene rings is 2. The van der Waals surface area contributed by atoms with Crippen LogP contribution in [0.5, 0.6) is 11.6 Å². The number of rotatable bonds is 6. The molecule has 0 radical (unpaired) electrons. The summed E-state index contributed by atoms with van der Waals surface area (Å²) in [5, 5.41) is 20.7. The van der Waals surface area contributed by atoms with Gasteiger partial charge in [-0.25, -0.2) is 0 Å². The molecule has 7 heteroatoms. The molecule has 6 nitrogen and oxygen atoms in total. The molecular formula is C24H21ClN2O4. The summed E-state index contributed by atoms with van der Waals surface area (Å²) in [6.07, 6.45) is 0. The van der Waals surface area contributed by atoms with Crippen LogP contribution in [0.4, 0.5) is 0 Å². The van der Waals surface area contributed by atoms with Crippen LogP contribution < -0.4 is 10.3 Å². The first-order valence-corrected chi connectivity index (χ1v) is 9.96. The number of pyridine rings is 1. The van der Waals surface area contributed by atoms with Crippen LogP contribution in [-0.4, -0.2) is 22.1 Å². The Morgan fingerprint density at radius 3 is 2.52 bits per heavy atom. The molecule has 0 atom stereocenters. The summed E-state index contributed by atoms with van der Waals surface area (Å²) >= 11 is 6.18. The van der Waals surface area contributed by atoms with Gasteiger partial charge in [-0.1, -0.05) is 41.9 Å². The molecule has 0 saturated heterocycles. The summed E-state index contributed by atoms with van der Waals surface area (Å²) in [5.74, 6) is -0.508. The van der Waals surface area contributed by atoms with Crippen LogP contribution in [0.1, 0.15) is 38.2 Å². The van der Waals surface area contributed by atoms with Gasteiger partial charge in [-0.05, 0) is 55.2 Å². The Balaban J connectivity index is 2.02. The molecule has 2 aromatic carbocycles. The van der Waals surface area contributed by atoms with Crippen molar-refractivity contribution in [3.8, 4) is 17.7 Å². The van der Waals surface area contributed by atoms with Crippen LogP contribution in [0.3, 0.4) is 0 Å². The quantitative estimate of drug-likeness (QED) is 0.581. The number of carbonyl (C=O) groups excluding carboxylic acids is 1. The number of ether oxygens (including phenoxy) is 1. The average Bonchev–Trinajstić information content (AvgIpc) is 2.74. The summed E-state index contributed by atoms with van der Waals surface area (Å²) in [5.41, 5.74) is 1.59. The zero-order chi connectivity index (χ0) is 22.7. The SMILES string of the molecule is Cc1cccc(OCC(=O)c2c(C)c(C#N)c(=O)n(Cc3ccccc3Cl)c2O)c1C. The van der Waals surface area contributed by atoms with Gasteiger partial charge in [0.15, 0.2) is 6.61 Å². The van der Waals surface area contributed by atoms with Crippen LogP contribution >= 0.6 is 11.6 Å². The fourth-order valence-corrected chi connectivity index (χ4v) is 3.52. The Morgan fingerprint density at radius 1 is 1.13 bits per heavy atom. The molecule has 31 heavy (non-hydrogen) atoms. The normalized spacial score (nSPS) is 10.5. The van der Waals surface area contributed by atoms with Crippen LogP contribution in [-0.2, 0) is 6.54 Å². The largest absolute Gasteiger partial charge is 0.494 e. The second-order valence-corrected chi connectivity index (χ2v) is 7.61. The first-order valence-electron chi connectivity index (χ1n) is 9.58. The van der Waals surface area contributed by atoms with Crippen molar-refractivity contribution in [2.75, 3.05) is 6.61 Å². The van der Waals surface area contributed by atoms with Crippen LogP contribution in [0.2, 0.25) is 5.02 Å². The lowest BCUT2D eigenvalue weighted by Gasteiger charge is -2.17. The number of aryl methyl sites for hydroxylation is 1. The van der Waals surface area contributed by atoms with E-state index in [9.17, 15) is 20.0 Å². The zero-order valence-electron chi connectivity index (χ0n) is 17.4. The molecule has 3 rings (SSSR count). The van der Waals surface area contributed by atoms with Gasteiger partial charge >= 0.3 is 0 Å². The third kappa shape index (κ3) is 4.32. The van der Waals surface area contributed by atoms with E-state index >= 15 is 0 Å². The van der Waals surface area contributed by atoms with Crippen molar-refractivity contribution in [3.63, 3.8) is 0 Å². The fraction of sp³-hybridized carbons (Fsp3) is 0.208. The number of aromatic hydroxyl groups is 1. The highest BCUT2D eigenvalue weighted by molar-refractivity contribution is 6.31. The van der Waals surface area contributed by atoms with Crippen molar-refractivity contribution in [1.29, 1.82) is 5.26 Å². The van der Waals surface area contributed by atoms with E-state index in [1.807, 2.05) is 32.0 Å². The van der Waals surface area contributed by atoms with Crippen LogP contribution in [0.25, 0.3) is 0 Å². The van der Waals surface area contributed by atoms with E-state index in [1.54, 1.807) is 30.3 Å². The number of carbonyl (C=O) groups is 1. The third-order valence-corrected chi connectivity index (χ3v) is 5.65. The monoisotopic (exact) mass is 436 g/mol. The molecule has 0 unspecified atom stereocenters. The van der Waals surface area contributed by atoms with Crippen molar-refractivity contribution >= 4 is 17.4 Å². The van der Waals surface area contributed by atoms with Gasteiger partial charge in [-0.15, -0.1) is 0 Å². The highest BCUT2D eigenvalue weighted by Gasteiger charge is 2.25. The van der Waals surface area contributed by atoms with E-state index in [0.717, 1.165) is 15.7 Å². The molecule has 0 saturated carbocycles. The van der Waals surface area contributed by atoms with Crippen molar-refractivity contribution in [2.24, 2.45) is 0 Å². The Kier molecular flexibility index (Phi) is 6.47. The minimum Gasteiger partial charge on any atom is -0.494 e. The lowest BCUT2D eigenvalue weighted by molar-refractivity contribution is 0.0916. The van der Waals surface area contributed by atoms with Crippen LogP contribution in [0, 0.1) is 32.1 Å². The van der Waals surface area contributed by atoms with Gasteiger partial charge in [-0.2, -0.15) is 5.26 Å². The molecule has 3 aromatic rings. The molecule has 0 aliphatic rings. The smallest absolute Gasteiger partial charge is 0.271 e. The number of ketones is 1. The van der Waals surface area contributed by atoms with Gasteiger partial charge in [0.05, 0.1) is 12.1 Å². The standard InChI is InChI=1S/C24H21ClN2O4/c1-14-7-6-10-21(15(14)2)31-13-20(28)22-16(3)18(11-26)23(29)27(24(22)30)12-17-8-4-5-9-19(17)25/h4-10,30H,12-13H2,1-3H3. The van der Waals surface area contributed by atoms with Crippen molar-refractivity contribution in [2.45, 2.75) is 27.3 Å². The average molecular weight is 437 g/mol. The number of Topliss-reactive ketones (excluding diaryl/α,β-unsaturated/α-hetero) is 1. The van der Waals surface area contributed by atoms with Gasteiger partial charge in [-0.3, -0.25) is 14.2 Å². The second-order valence-electron chi connectivity index (χ2n) is 7.20. The molecule has 158 valence electrons. The molecule has 1 heterocycles. The van der Waals surface area contributed by atoms with Gasteiger partial charge < -0.3 is 9.84 Å². The summed E-state index contributed by atoms with van der Waals surface area (Å²) in [6.45, 7) is 4.84. The molecule has 0 aliphatic carbocycles. The highest BCUT2D eigenvalue weighted by Crippen LogP contribution is 2.26. The van der Waals surface area contributed by atoms with E-state index in [2.05, 4.69) is 0 Å². The predicted octanol–water partition coefficient (Wildman–Crippen LogP) is 4.31. The number of nitriles is 1. The maximum atomic E-state index is 13.0. The maximum Gasteiger partial charge on any atom is 0.271 e. The second kappa shape index (κ2) is 9.07. The number of hydrogen-bond donors (Lipinski definition) is 1. The Bertz CT molecular complexity index is 1270. The molecule has 0 bridgehead atoms. The Morgan fingerprint density at radius 2 is 1.84 bits per heavy atom. The Hall–Kier alpha value is -3.56. The van der Waals surface area contributed by atoms with E-state index < -0.39 is 17.2 Å². The van der Waals surface area contributed by atoms with Crippen molar-refractivity contribution < 1.29 is 14.6 Å². The molecule has 1 N–H and O–H groups in total. The van der Waals surface area contributed by atoms with E-state index in [1.165, 1.54) is 6.92 Å². The zero-order valence-corrected chi connectivity index (χ0v) is 18.2. The predicted molar refractivity (Wildman–Crippen MR) is 118 cm³/mol. The number of hydrogen-bond acceptors (Lipinski definition) is 5.